The second-order valence-corrected chi connectivity index (χ2v) is 7.43. The minimum absolute atomic E-state index is 0.0836. The van der Waals surface area contributed by atoms with Gasteiger partial charge in [-0.05, 0) is 43.4 Å². The van der Waals surface area contributed by atoms with Crippen LogP contribution in [-0.2, 0) is 24.2 Å². The van der Waals surface area contributed by atoms with E-state index in [0.717, 1.165) is 36.1 Å². The zero-order valence-corrected chi connectivity index (χ0v) is 14.9. The highest BCUT2D eigenvalue weighted by atomic mass is 32.1. The van der Waals surface area contributed by atoms with Gasteiger partial charge in [0, 0.05) is 24.0 Å². The lowest BCUT2D eigenvalue weighted by atomic mass is 9.97. The van der Waals surface area contributed by atoms with E-state index in [1.165, 1.54) is 28.0 Å². The Bertz CT molecular complexity index is 1100. The fourth-order valence-electron chi connectivity index (χ4n) is 3.30. The third-order valence-corrected chi connectivity index (χ3v) is 5.81. The predicted molar refractivity (Wildman–Crippen MR) is 101 cm³/mol. The number of hydrogen-bond donors (Lipinski definition) is 2. The van der Waals surface area contributed by atoms with Crippen molar-refractivity contribution in [2.24, 2.45) is 0 Å². The third kappa shape index (κ3) is 3.08. The fourth-order valence-corrected chi connectivity index (χ4v) is 4.51. The van der Waals surface area contributed by atoms with Crippen molar-refractivity contribution in [1.82, 2.24) is 14.5 Å². The first kappa shape index (κ1) is 16.7. The van der Waals surface area contributed by atoms with E-state index in [0.29, 0.717) is 5.39 Å². The Morgan fingerprint density at radius 1 is 1.31 bits per heavy atom. The Morgan fingerprint density at radius 2 is 2.15 bits per heavy atom. The number of aromatic nitrogens is 3. The van der Waals surface area contributed by atoms with E-state index in [1.54, 1.807) is 17.4 Å². The minimum atomic E-state index is -0.356. The number of anilines is 1. The number of carbonyl (C=O) groups excluding carboxylic acids is 1. The molecule has 0 aromatic carbocycles. The number of thiophene rings is 1. The zero-order chi connectivity index (χ0) is 18.1. The maximum atomic E-state index is 12.8. The SMILES string of the molecule is O=C(CCn1cnc2sc3c(c2c1=O)CCCC3)Nc1ccc[nH]c1=O. The van der Waals surface area contributed by atoms with Crippen molar-refractivity contribution in [3.63, 3.8) is 0 Å². The number of rotatable bonds is 4. The highest BCUT2D eigenvalue weighted by molar-refractivity contribution is 7.18. The lowest BCUT2D eigenvalue weighted by Crippen LogP contribution is -2.25. The van der Waals surface area contributed by atoms with Gasteiger partial charge in [-0.2, -0.15) is 0 Å². The van der Waals surface area contributed by atoms with Gasteiger partial charge in [0.2, 0.25) is 5.91 Å². The molecule has 0 saturated carbocycles. The summed E-state index contributed by atoms with van der Waals surface area (Å²) in [4.78, 5) is 45.5. The van der Waals surface area contributed by atoms with Gasteiger partial charge in [-0.15, -0.1) is 11.3 Å². The van der Waals surface area contributed by atoms with Crippen molar-refractivity contribution >= 4 is 33.1 Å². The van der Waals surface area contributed by atoms with Crippen LogP contribution in [-0.4, -0.2) is 20.4 Å². The molecule has 0 radical (unpaired) electrons. The van der Waals surface area contributed by atoms with Gasteiger partial charge >= 0.3 is 0 Å². The van der Waals surface area contributed by atoms with Gasteiger partial charge in [-0.1, -0.05) is 0 Å². The summed E-state index contributed by atoms with van der Waals surface area (Å²) >= 11 is 1.61. The summed E-state index contributed by atoms with van der Waals surface area (Å²) in [7, 11) is 0. The summed E-state index contributed by atoms with van der Waals surface area (Å²) in [6.07, 6.45) is 7.30. The second-order valence-electron chi connectivity index (χ2n) is 6.35. The second kappa shape index (κ2) is 6.87. The Morgan fingerprint density at radius 3 is 3.00 bits per heavy atom. The predicted octanol–water partition coefficient (Wildman–Crippen LogP) is 2.05. The van der Waals surface area contributed by atoms with E-state index in [-0.39, 0.29) is 35.7 Å². The van der Waals surface area contributed by atoms with Gasteiger partial charge in [0.25, 0.3) is 11.1 Å². The van der Waals surface area contributed by atoms with Crippen LogP contribution in [0, 0.1) is 0 Å². The summed E-state index contributed by atoms with van der Waals surface area (Å²) in [6, 6.07) is 3.17. The number of carbonyl (C=O) groups is 1. The molecule has 0 fully saturated rings. The number of hydrogen-bond acceptors (Lipinski definition) is 5. The van der Waals surface area contributed by atoms with Crippen LogP contribution in [0.1, 0.15) is 29.7 Å². The molecule has 2 N–H and O–H groups in total. The van der Waals surface area contributed by atoms with Gasteiger partial charge < -0.3 is 10.3 Å². The molecule has 26 heavy (non-hydrogen) atoms. The summed E-state index contributed by atoms with van der Waals surface area (Å²) in [5.74, 6) is -0.318. The Labute approximate surface area is 152 Å². The zero-order valence-electron chi connectivity index (χ0n) is 14.1. The molecule has 0 spiro atoms. The number of aromatic amines is 1. The number of amides is 1. The average molecular weight is 370 g/mol. The maximum Gasteiger partial charge on any atom is 0.271 e. The number of pyridine rings is 1. The molecule has 4 rings (SSSR count). The van der Waals surface area contributed by atoms with Gasteiger partial charge in [0.05, 0.1) is 11.7 Å². The molecule has 0 saturated heterocycles. The smallest absolute Gasteiger partial charge is 0.271 e. The van der Waals surface area contributed by atoms with E-state index in [2.05, 4.69) is 15.3 Å². The summed E-state index contributed by atoms with van der Waals surface area (Å²) in [5, 5.41) is 3.28. The molecule has 3 aromatic heterocycles. The Balaban J connectivity index is 1.53. The molecule has 3 aromatic rings. The Hall–Kier alpha value is -2.74. The minimum Gasteiger partial charge on any atom is -0.327 e. The van der Waals surface area contributed by atoms with Crippen LogP contribution in [0.25, 0.3) is 10.2 Å². The molecule has 7 nitrogen and oxygen atoms in total. The molecule has 0 unspecified atom stereocenters. The van der Waals surface area contributed by atoms with Gasteiger partial charge in [-0.3, -0.25) is 19.0 Å². The molecule has 0 atom stereocenters. The molecule has 1 aliphatic rings. The molecular weight excluding hydrogens is 352 g/mol. The van der Waals surface area contributed by atoms with Crippen molar-refractivity contribution in [3.05, 3.63) is 55.8 Å². The van der Waals surface area contributed by atoms with Crippen LogP contribution in [0.3, 0.4) is 0 Å². The molecule has 0 bridgehead atoms. The maximum absolute atomic E-state index is 12.8. The summed E-state index contributed by atoms with van der Waals surface area (Å²) in [6.45, 7) is 0.225. The molecule has 0 aliphatic heterocycles. The van der Waals surface area contributed by atoms with Crippen molar-refractivity contribution < 1.29 is 4.79 Å². The summed E-state index contributed by atoms with van der Waals surface area (Å²) in [5.41, 5.74) is 0.902. The van der Waals surface area contributed by atoms with E-state index >= 15 is 0 Å². The van der Waals surface area contributed by atoms with E-state index < -0.39 is 0 Å². The molecule has 134 valence electrons. The number of nitrogens with one attached hydrogen (secondary N) is 2. The van der Waals surface area contributed by atoms with Crippen LogP contribution < -0.4 is 16.4 Å². The summed E-state index contributed by atoms with van der Waals surface area (Å²) < 4.78 is 1.48. The lowest BCUT2D eigenvalue weighted by molar-refractivity contribution is -0.116. The molecule has 8 heteroatoms. The van der Waals surface area contributed by atoms with Gasteiger partial charge in [0.1, 0.15) is 10.5 Å². The first-order valence-electron chi connectivity index (χ1n) is 8.61. The van der Waals surface area contributed by atoms with Crippen LogP contribution in [0.2, 0.25) is 0 Å². The first-order valence-corrected chi connectivity index (χ1v) is 9.42. The van der Waals surface area contributed by atoms with Crippen molar-refractivity contribution in [2.75, 3.05) is 5.32 Å². The monoisotopic (exact) mass is 370 g/mol. The van der Waals surface area contributed by atoms with Gasteiger partial charge in [-0.25, -0.2) is 4.98 Å². The number of fused-ring (bicyclic) bond motifs is 3. The van der Waals surface area contributed by atoms with E-state index in [1.807, 2.05) is 0 Å². The Kier molecular flexibility index (Phi) is 4.42. The number of H-pyrrole nitrogens is 1. The van der Waals surface area contributed by atoms with Crippen molar-refractivity contribution in [1.29, 1.82) is 0 Å². The topological polar surface area (TPSA) is 96.8 Å². The molecule has 1 aliphatic carbocycles. The lowest BCUT2D eigenvalue weighted by Gasteiger charge is -2.10. The van der Waals surface area contributed by atoms with Crippen LogP contribution >= 0.6 is 11.3 Å². The number of aryl methyl sites for hydroxylation is 3. The standard InChI is InChI=1S/C18H18N4O3S/c23-14(21-12-5-3-8-19-16(12)24)7-9-22-10-20-17-15(18(22)25)11-4-1-2-6-13(11)26-17/h3,5,8,10H,1-2,4,6-7,9H2,(H,19,24)(H,21,23). The molecular formula is C18H18N4O3S. The van der Waals surface area contributed by atoms with E-state index in [4.69, 9.17) is 0 Å². The van der Waals surface area contributed by atoms with Gasteiger partial charge in [0.15, 0.2) is 0 Å². The molecule has 1 amide bonds. The van der Waals surface area contributed by atoms with Crippen LogP contribution in [0.5, 0.6) is 0 Å². The third-order valence-electron chi connectivity index (χ3n) is 4.61. The quantitative estimate of drug-likeness (QED) is 0.735. The highest BCUT2D eigenvalue weighted by Crippen LogP contribution is 2.33. The number of nitrogens with zero attached hydrogens (tertiary/aromatic N) is 2. The fraction of sp³-hybridized carbons (Fsp3) is 0.333. The van der Waals surface area contributed by atoms with Crippen LogP contribution in [0.4, 0.5) is 5.69 Å². The van der Waals surface area contributed by atoms with Crippen LogP contribution in [0.15, 0.2) is 34.2 Å². The normalized spacial score (nSPS) is 13.5. The van der Waals surface area contributed by atoms with Crippen molar-refractivity contribution in [2.45, 2.75) is 38.6 Å². The largest absolute Gasteiger partial charge is 0.327 e. The van der Waals surface area contributed by atoms with Crippen molar-refractivity contribution in [3.8, 4) is 0 Å². The molecule has 3 heterocycles. The highest BCUT2D eigenvalue weighted by Gasteiger charge is 2.20. The first-order chi connectivity index (χ1) is 12.6. The average Bonchev–Trinajstić information content (AvgIpc) is 3.02. The van der Waals surface area contributed by atoms with E-state index in [9.17, 15) is 14.4 Å².